The molecule has 0 fully saturated rings. The van der Waals surface area contributed by atoms with Crippen LogP contribution in [-0.4, -0.2) is 39.2 Å². The summed E-state index contributed by atoms with van der Waals surface area (Å²) < 4.78 is 0. The molecule has 1 rings (SSSR count). The highest BCUT2D eigenvalue weighted by molar-refractivity contribution is 5.80. The summed E-state index contributed by atoms with van der Waals surface area (Å²) >= 11 is 0. The van der Waals surface area contributed by atoms with Crippen molar-refractivity contribution in [1.29, 1.82) is 5.26 Å². The van der Waals surface area contributed by atoms with Gasteiger partial charge in [-0.3, -0.25) is 10.0 Å². The number of hydrogen-bond donors (Lipinski definition) is 1. The Morgan fingerprint density at radius 1 is 1.93 bits per heavy atom. The number of guanidine groups is 1. The van der Waals surface area contributed by atoms with Crippen LogP contribution in [0, 0.1) is 21.6 Å². The van der Waals surface area contributed by atoms with Crippen molar-refractivity contribution in [2.75, 3.05) is 13.2 Å². The quantitative estimate of drug-likeness (QED) is 0.193. The molecular weight excluding hydrogens is 190 g/mol. The molecule has 0 radical (unpaired) electrons. The van der Waals surface area contributed by atoms with E-state index in [0.29, 0.717) is 6.54 Å². The minimum atomic E-state index is -0.877. The summed E-state index contributed by atoms with van der Waals surface area (Å²) in [6, 6.07) is 0. The first kappa shape index (κ1) is 10.0. The number of nitro groups is 1. The molecule has 0 aromatic heterocycles. The van der Waals surface area contributed by atoms with Gasteiger partial charge < -0.3 is 0 Å². The zero-order valence-electron chi connectivity index (χ0n) is 7.49. The van der Waals surface area contributed by atoms with Crippen molar-refractivity contribution in [3.8, 4) is 6.19 Å². The minimum Gasteiger partial charge on any atom is -0.272 e. The number of hydrogen-bond acceptors (Lipinski definition) is 7. The number of hydrazine groups is 2. The van der Waals surface area contributed by atoms with Gasteiger partial charge >= 0.3 is 5.96 Å². The molecule has 0 aromatic carbocycles. The molecule has 0 saturated heterocycles. The van der Waals surface area contributed by atoms with Gasteiger partial charge in [-0.2, -0.15) is 5.26 Å². The summed E-state index contributed by atoms with van der Waals surface area (Å²) in [6.45, 7) is 2.62. The van der Waals surface area contributed by atoms with Gasteiger partial charge in [0.15, 0.2) is 5.03 Å². The Kier molecular flexibility index (Phi) is 2.68. The number of nitrogens with two attached hydrogens (primary N) is 1. The molecule has 0 amide bonds. The summed E-state index contributed by atoms with van der Waals surface area (Å²) in [5.41, 5.74) is 0. The smallest absolute Gasteiger partial charge is 0.272 e. The number of rotatable bonds is 2. The second-order valence-electron chi connectivity index (χ2n) is 2.48. The lowest BCUT2D eigenvalue weighted by molar-refractivity contribution is -0.612. The first-order chi connectivity index (χ1) is 6.60. The Bertz CT molecular complexity index is 308. The molecule has 0 aromatic rings. The molecule has 0 atom stereocenters. The van der Waals surface area contributed by atoms with E-state index in [1.165, 1.54) is 11.2 Å². The van der Waals surface area contributed by atoms with E-state index in [0.717, 1.165) is 5.01 Å². The molecule has 14 heavy (non-hydrogen) atoms. The van der Waals surface area contributed by atoms with Crippen LogP contribution < -0.4 is 5.84 Å². The number of hydrazone groups is 1. The van der Waals surface area contributed by atoms with Gasteiger partial charge in [-0.1, -0.05) is 0 Å². The van der Waals surface area contributed by atoms with Gasteiger partial charge in [-0.25, -0.2) is 16.0 Å². The lowest BCUT2D eigenvalue weighted by Crippen LogP contribution is -2.46. The average molecular weight is 199 g/mol. The summed E-state index contributed by atoms with van der Waals surface area (Å²) in [7, 11) is 0. The molecule has 0 unspecified atom stereocenters. The standard InChI is InChI=1S/C5H9N7O2/c1-2-9-4-10(7)5(8-9)11(3-6)12(13)14/h2,4,7H2,1H3. The summed E-state index contributed by atoms with van der Waals surface area (Å²) in [6.07, 6.45) is 1.37. The van der Waals surface area contributed by atoms with Gasteiger partial charge in [0.2, 0.25) is 0 Å². The molecule has 1 aliphatic heterocycles. The summed E-state index contributed by atoms with van der Waals surface area (Å²) in [4.78, 5) is 10.4. The first-order valence-corrected chi connectivity index (χ1v) is 3.80. The molecule has 76 valence electrons. The van der Waals surface area contributed by atoms with Crippen LogP contribution >= 0.6 is 0 Å². The minimum absolute atomic E-state index is 0.181. The van der Waals surface area contributed by atoms with Crippen LogP contribution in [0.5, 0.6) is 0 Å². The van der Waals surface area contributed by atoms with Crippen LogP contribution in [-0.2, 0) is 0 Å². The van der Waals surface area contributed by atoms with Crippen molar-refractivity contribution >= 4 is 5.96 Å². The van der Waals surface area contributed by atoms with E-state index in [1.54, 1.807) is 0 Å². The zero-order chi connectivity index (χ0) is 10.7. The second-order valence-corrected chi connectivity index (χ2v) is 2.48. The Hall–Kier alpha value is -2.08. The molecular formula is C5H9N7O2. The van der Waals surface area contributed by atoms with E-state index >= 15 is 0 Å². The lowest BCUT2D eigenvalue weighted by atomic mass is 10.7. The van der Waals surface area contributed by atoms with E-state index in [2.05, 4.69) is 5.10 Å². The van der Waals surface area contributed by atoms with Gasteiger partial charge in [0.25, 0.3) is 6.19 Å². The van der Waals surface area contributed by atoms with Gasteiger partial charge in [-0.05, 0) is 6.92 Å². The van der Waals surface area contributed by atoms with Crippen molar-refractivity contribution in [2.24, 2.45) is 10.9 Å². The van der Waals surface area contributed by atoms with E-state index < -0.39 is 5.03 Å². The third kappa shape index (κ3) is 1.64. The van der Waals surface area contributed by atoms with E-state index in [9.17, 15) is 10.1 Å². The van der Waals surface area contributed by atoms with Gasteiger partial charge in [0, 0.05) is 11.6 Å². The maximum Gasteiger partial charge on any atom is 0.316 e. The highest BCUT2D eigenvalue weighted by atomic mass is 16.7. The molecule has 2 N–H and O–H groups in total. The van der Waals surface area contributed by atoms with Gasteiger partial charge in [-0.15, -0.1) is 5.10 Å². The van der Waals surface area contributed by atoms with Crippen LogP contribution in [0.2, 0.25) is 0 Å². The second kappa shape index (κ2) is 3.75. The van der Waals surface area contributed by atoms with Crippen molar-refractivity contribution < 1.29 is 5.03 Å². The third-order valence-corrected chi connectivity index (χ3v) is 1.62. The average Bonchev–Trinajstić information content (AvgIpc) is 2.48. The highest BCUT2D eigenvalue weighted by Crippen LogP contribution is 2.06. The third-order valence-electron chi connectivity index (χ3n) is 1.62. The fourth-order valence-corrected chi connectivity index (χ4v) is 0.944. The maximum atomic E-state index is 10.4. The van der Waals surface area contributed by atoms with Crippen LogP contribution in [0.3, 0.4) is 0 Å². The van der Waals surface area contributed by atoms with Gasteiger partial charge in [0.05, 0.1) is 0 Å². The van der Waals surface area contributed by atoms with Crippen LogP contribution in [0.15, 0.2) is 5.10 Å². The van der Waals surface area contributed by atoms with Crippen molar-refractivity contribution in [3.05, 3.63) is 10.1 Å². The van der Waals surface area contributed by atoms with Gasteiger partial charge in [0.1, 0.15) is 6.67 Å². The Morgan fingerprint density at radius 2 is 2.57 bits per heavy atom. The van der Waals surface area contributed by atoms with Crippen molar-refractivity contribution in [2.45, 2.75) is 6.92 Å². The van der Waals surface area contributed by atoms with Crippen molar-refractivity contribution in [1.82, 2.24) is 15.0 Å². The molecule has 1 heterocycles. The number of nitriles is 1. The van der Waals surface area contributed by atoms with E-state index in [4.69, 9.17) is 11.1 Å². The topological polar surface area (TPSA) is 115 Å². The SMILES string of the molecule is CCN1CN(N)C(N(C#N)[N+](=O)[O-])=N1. The van der Waals surface area contributed by atoms with E-state index in [-0.39, 0.29) is 17.6 Å². The zero-order valence-corrected chi connectivity index (χ0v) is 7.49. The highest BCUT2D eigenvalue weighted by Gasteiger charge is 2.32. The molecule has 1 aliphatic rings. The monoisotopic (exact) mass is 199 g/mol. The molecule has 0 bridgehead atoms. The lowest BCUT2D eigenvalue weighted by Gasteiger charge is -2.13. The molecule has 0 aliphatic carbocycles. The molecule has 0 saturated carbocycles. The predicted octanol–water partition coefficient (Wildman–Crippen LogP) is -1.30. The number of nitrogens with zero attached hydrogens (tertiary/aromatic N) is 6. The van der Waals surface area contributed by atoms with Crippen LogP contribution in [0.4, 0.5) is 0 Å². The van der Waals surface area contributed by atoms with Crippen LogP contribution in [0.1, 0.15) is 6.92 Å². The predicted molar refractivity (Wildman–Crippen MR) is 45.2 cm³/mol. The molecule has 9 heteroatoms. The summed E-state index contributed by atoms with van der Waals surface area (Å²) in [5, 5.41) is 24.5. The normalized spacial score (nSPS) is 15.1. The molecule has 9 nitrogen and oxygen atoms in total. The molecule has 0 spiro atoms. The summed E-state index contributed by atoms with van der Waals surface area (Å²) in [5.74, 6) is 5.24. The largest absolute Gasteiger partial charge is 0.316 e. The fourth-order valence-electron chi connectivity index (χ4n) is 0.944. The van der Waals surface area contributed by atoms with E-state index in [1.807, 2.05) is 6.92 Å². The maximum absolute atomic E-state index is 10.4. The van der Waals surface area contributed by atoms with Crippen molar-refractivity contribution in [3.63, 3.8) is 0 Å². The fraction of sp³-hybridized carbons (Fsp3) is 0.600. The Balaban J connectivity index is 2.86. The first-order valence-electron chi connectivity index (χ1n) is 3.80. The van der Waals surface area contributed by atoms with Crippen LogP contribution in [0.25, 0.3) is 0 Å². The Labute approximate surface area is 79.7 Å². The Morgan fingerprint density at radius 3 is 2.93 bits per heavy atom.